The molecule has 0 aromatic rings. The van der Waals surface area contributed by atoms with Crippen LogP contribution in [0.1, 0.15) is 32.6 Å². The van der Waals surface area contributed by atoms with E-state index in [4.69, 9.17) is 5.11 Å². The maximum absolute atomic E-state index is 11.4. The Morgan fingerprint density at radius 3 is 3.00 bits per heavy atom. The van der Waals surface area contributed by atoms with Gasteiger partial charge in [0.1, 0.15) is 6.04 Å². The molecule has 5 nitrogen and oxygen atoms in total. The third kappa shape index (κ3) is 4.29. The summed E-state index contributed by atoms with van der Waals surface area (Å²) in [7, 11) is 0. The Morgan fingerprint density at radius 1 is 1.73 bits per heavy atom. The van der Waals surface area contributed by atoms with Gasteiger partial charge in [0.2, 0.25) is 11.8 Å². The minimum atomic E-state index is -0.357. The summed E-state index contributed by atoms with van der Waals surface area (Å²) in [6, 6.07) is -0.357. The van der Waals surface area contributed by atoms with Crippen molar-refractivity contribution in [2.24, 2.45) is 0 Å². The summed E-state index contributed by atoms with van der Waals surface area (Å²) >= 11 is 0. The van der Waals surface area contributed by atoms with Crippen LogP contribution in [-0.4, -0.2) is 35.6 Å². The molecule has 2 amide bonds. The summed E-state index contributed by atoms with van der Waals surface area (Å²) in [4.78, 5) is 22.3. The van der Waals surface area contributed by atoms with Crippen molar-refractivity contribution in [3.8, 4) is 0 Å². The van der Waals surface area contributed by atoms with Gasteiger partial charge in [0.05, 0.1) is 6.10 Å². The highest BCUT2D eigenvalue weighted by atomic mass is 16.3. The van der Waals surface area contributed by atoms with E-state index in [-0.39, 0.29) is 24.0 Å². The Labute approximate surface area is 89.2 Å². The highest BCUT2D eigenvalue weighted by Crippen LogP contribution is 2.06. The Kier molecular flexibility index (Phi) is 4.55. The van der Waals surface area contributed by atoms with E-state index in [2.05, 4.69) is 10.6 Å². The fraction of sp³-hybridized carbons (Fsp3) is 0.800. The number of amides is 2. The van der Waals surface area contributed by atoms with Crippen LogP contribution in [-0.2, 0) is 9.59 Å². The summed E-state index contributed by atoms with van der Waals surface area (Å²) < 4.78 is 0. The van der Waals surface area contributed by atoms with Crippen LogP contribution in [0, 0.1) is 0 Å². The zero-order chi connectivity index (χ0) is 11.3. The van der Waals surface area contributed by atoms with Crippen LogP contribution < -0.4 is 10.6 Å². The van der Waals surface area contributed by atoms with E-state index < -0.39 is 0 Å². The smallest absolute Gasteiger partial charge is 0.242 e. The molecule has 0 saturated carbocycles. The highest BCUT2D eigenvalue weighted by Gasteiger charge is 2.26. The fourth-order valence-corrected chi connectivity index (χ4v) is 1.54. The summed E-state index contributed by atoms with van der Waals surface area (Å²) in [6.45, 7) is 2.27. The second kappa shape index (κ2) is 5.70. The lowest BCUT2D eigenvalue weighted by molar-refractivity contribution is -0.125. The fourth-order valence-electron chi connectivity index (χ4n) is 1.54. The van der Waals surface area contributed by atoms with Gasteiger partial charge in [0, 0.05) is 13.0 Å². The van der Waals surface area contributed by atoms with E-state index in [1.165, 1.54) is 0 Å². The van der Waals surface area contributed by atoms with Gasteiger partial charge in [-0.25, -0.2) is 0 Å². The second-order valence-corrected chi connectivity index (χ2v) is 3.94. The largest absolute Gasteiger partial charge is 0.393 e. The zero-order valence-electron chi connectivity index (χ0n) is 8.95. The molecule has 1 heterocycles. The lowest BCUT2D eigenvalue weighted by Crippen LogP contribution is -2.41. The molecule has 0 bridgehead atoms. The molecule has 2 unspecified atom stereocenters. The topological polar surface area (TPSA) is 78.4 Å². The number of carbonyl (C=O) groups is 2. The van der Waals surface area contributed by atoms with Crippen molar-refractivity contribution in [2.75, 3.05) is 6.54 Å². The molecule has 3 N–H and O–H groups in total. The van der Waals surface area contributed by atoms with Gasteiger partial charge in [-0.05, 0) is 26.2 Å². The summed E-state index contributed by atoms with van der Waals surface area (Å²) in [5.74, 6) is -0.175. The standard InChI is InChI=1S/C10H18N2O3/c1-7(13)3-2-6-11-10(15)8-4-5-9(14)12-8/h7-8,13H,2-6H2,1H3,(H,11,15)(H,12,14). The van der Waals surface area contributed by atoms with Gasteiger partial charge < -0.3 is 15.7 Å². The average Bonchev–Trinajstić information content (AvgIpc) is 2.59. The van der Waals surface area contributed by atoms with Gasteiger partial charge in [-0.3, -0.25) is 9.59 Å². The number of aliphatic hydroxyl groups excluding tert-OH is 1. The van der Waals surface area contributed by atoms with Crippen LogP contribution in [0.25, 0.3) is 0 Å². The van der Waals surface area contributed by atoms with Crippen molar-refractivity contribution < 1.29 is 14.7 Å². The molecule has 1 saturated heterocycles. The predicted octanol–water partition coefficient (Wildman–Crippen LogP) is -0.458. The highest BCUT2D eigenvalue weighted by molar-refractivity contribution is 5.90. The molecule has 1 rings (SSSR count). The molecular formula is C10H18N2O3. The van der Waals surface area contributed by atoms with Crippen molar-refractivity contribution in [3.63, 3.8) is 0 Å². The molecule has 0 spiro atoms. The first-order chi connectivity index (χ1) is 7.09. The lowest BCUT2D eigenvalue weighted by Gasteiger charge is -2.11. The Morgan fingerprint density at radius 2 is 2.47 bits per heavy atom. The molecule has 15 heavy (non-hydrogen) atoms. The second-order valence-electron chi connectivity index (χ2n) is 3.94. The number of carbonyl (C=O) groups excluding carboxylic acids is 2. The summed E-state index contributed by atoms with van der Waals surface area (Å²) in [6.07, 6.45) is 2.13. The van der Waals surface area contributed by atoms with Crippen LogP contribution in [0.2, 0.25) is 0 Å². The molecule has 1 fully saturated rings. The number of rotatable bonds is 5. The predicted molar refractivity (Wildman–Crippen MR) is 55.1 cm³/mol. The van der Waals surface area contributed by atoms with E-state index in [9.17, 15) is 9.59 Å². The first kappa shape index (κ1) is 12.0. The monoisotopic (exact) mass is 214 g/mol. The van der Waals surface area contributed by atoms with Crippen LogP contribution in [0.3, 0.4) is 0 Å². The van der Waals surface area contributed by atoms with Crippen LogP contribution in [0.5, 0.6) is 0 Å². The van der Waals surface area contributed by atoms with E-state index in [0.29, 0.717) is 25.8 Å². The molecule has 5 heteroatoms. The SMILES string of the molecule is CC(O)CCCNC(=O)C1CCC(=O)N1. The van der Waals surface area contributed by atoms with E-state index in [0.717, 1.165) is 6.42 Å². The molecular weight excluding hydrogens is 196 g/mol. The first-order valence-electron chi connectivity index (χ1n) is 5.34. The van der Waals surface area contributed by atoms with Gasteiger partial charge >= 0.3 is 0 Å². The number of hydrogen-bond donors (Lipinski definition) is 3. The molecule has 0 radical (unpaired) electrons. The van der Waals surface area contributed by atoms with Gasteiger partial charge in [-0.1, -0.05) is 0 Å². The Balaban J connectivity index is 2.11. The quantitative estimate of drug-likeness (QED) is 0.542. The van der Waals surface area contributed by atoms with Gasteiger partial charge in [0.15, 0.2) is 0 Å². The first-order valence-corrected chi connectivity index (χ1v) is 5.34. The van der Waals surface area contributed by atoms with Gasteiger partial charge in [-0.2, -0.15) is 0 Å². The normalized spacial score (nSPS) is 22.3. The third-order valence-electron chi connectivity index (χ3n) is 2.41. The molecule has 2 atom stereocenters. The molecule has 0 aromatic carbocycles. The van der Waals surface area contributed by atoms with E-state index in [1.54, 1.807) is 6.92 Å². The van der Waals surface area contributed by atoms with Crippen molar-refractivity contribution in [3.05, 3.63) is 0 Å². The zero-order valence-corrected chi connectivity index (χ0v) is 8.95. The molecule has 86 valence electrons. The van der Waals surface area contributed by atoms with Crippen molar-refractivity contribution in [1.82, 2.24) is 10.6 Å². The van der Waals surface area contributed by atoms with Crippen LogP contribution in [0.15, 0.2) is 0 Å². The van der Waals surface area contributed by atoms with Gasteiger partial charge in [-0.15, -0.1) is 0 Å². The third-order valence-corrected chi connectivity index (χ3v) is 2.41. The maximum Gasteiger partial charge on any atom is 0.242 e. The van der Waals surface area contributed by atoms with E-state index >= 15 is 0 Å². The number of nitrogens with one attached hydrogen (secondary N) is 2. The van der Waals surface area contributed by atoms with E-state index in [1.807, 2.05) is 0 Å². The minimum Gasteiger partial charge on any atom is -0.393 e. The number of hydrogen-bond acceptors (Lipinski definition) is 3. The molecule has 1 aliphatic rings. The molecule has 0 aromatic heterocycles. The van der Waals surface area contributed by atoms with Crippen LogP contribution >= 0.6 is 0 Å². The Hall–Kier alpha value is -1.10. The summed E-state index contributed by atoms with van der Waals surface area (Å²) in [5, 5.41) is 14.3. The van der Waals surface area contributed by atoms with Crippen LogP contribution in [0.4, 0.5) is 0 Å². The van der Waals surface area contributed by atoms with Gasteiger partial charge in [0.25, 0.3) is 0 Å². The van der Waals surface area contributed by atoms with Crippen molar-refractivity contribution in [2.45, 2.75) is 44.8 Å². The van der Waals surface area contributed by atoms with Crippen molar-refractivity contribution >= 4 is 11.8 Å². The average molecular weight is 214 g/mol. The minimum absolute atomic E-state index is 0.0564. The molecule has 0 aliphatic carbocycles. The Bertz CT molecular complexity index is 241. The number of aliphatic hydroxyl groups is 1. The molecule has 1 aliphatic heterocycles. The maximum atomic E-state index is 11.4. The summed E-state index contributed by atoms with van der Waals surface area (Å²) in [5.41, 5.74) is 0. The lowest BCUT2D eigenvalue weighted by atomic mass is 10.2. The van der Waals surface area contributed by atoms with Crippen molar-refractivity contribution in [1.29, 1.82) is 0 Å².